The number of aliphatic hydroxyl groups excluding tert-OH is 1. The molecule has 1 rings (SSSR count). The molecule has 0 amide bonds. The van der Waals surface area contributed by atoms with Gasteiger partial charge >= 0.3 is 5.97 Å². The lowest BCUT2D eigenvalue weighted by molar-refractivity contribution is -0.142. The first-order chi connectivity index (χ1) is 6.65. The van der Waals surface area contributed by atoms with Crippen LogP contribution in [0.25, 0.3) is 0 Å². The van der Waals surface area contributed by atoms with Crippen LogP contribution in [0.5, 0.6) is 0 Å². The number of hydrogen-bond donors (Lipinski definition) is 1. The Morgan fingerprint density at radius 1 is 1.57 bits per heavy atom. The normalized spacial score (nSPS) is 12.2. The second-order valence-electron chi connectivity index (χ2n) is 2.82. The Morgan fingerprint density at radius 3 is 2.79 bits per heavy atom. The van der Waals surface area contributed by atoms with Gasteiger partial charge in [-0.1, -0.05) is 18.2 Å². The highest BCUT2D eigenvalue weighted by Crippen LogP contribution is 2.19. The standard InChI is InChI=1S/C10H11FO3/c1-14-10(13)6-9(12)7-4-2-3-5-8(7)11/h2-5,9,12H,6H2,1H3/t9-/m1/s1. The van der Waals surface area contributed by atoms with Crippen molar-refractivity contribution in [1.82, 2.24) is 0 Å². The Morgan fingerprint density at radius 2 is 2.21 bits per heavy atom. The average Bonchev–Trinajstić information content (AvgIpc) is 2.18. The van der Waals surface area contributed by atoms with Gasteiger partial charge in [0, 0.05) is 5.56 Å². The molecule has 0 saturated heterocycles. The molecule has 3 nitrogen and oxygen atoms in total. The predicted octanol–water partition coefficient (Wildman–Crippen LogP) is 1.42. The summed E-state index contributed by atoms with van der Waals surface area (Å²) in [5.74, 6) is -1.09. The number of esters is 1. The fourth-order valence-electron chi connectivity index (χ4n) is 1.10. The van der Waals surface area contributed by atoms with E-state index in [4.69, 9.17) is 0 Å². The van der Waals surface area contributed by atoms with E-state index in [-0.39, 0.29) is 12.0 Å². The average molecular weight is 198 g/mol. The zero-order valence-corrected chi connectivity index (χ0v) is 7.74. The van der Waals surface area contributed by atoms with Crippen LogP contribution in [0.1, 0.15) is 18.1 Å². The minimum absolute atomic E-state index is 0.109. The summed E-state index contributed by atoms with van der Waals surface area (Å²) in [7, 11) is 1.22. The summed E-state index contributed by atoms with van der Waals surface area (Å²) in [6.07, 6.45) is -1.39. The van der Waals surface area contributed by atoms with E-state index in [1.807, 2.05) is 0 Å². The molecule has 0 spiro atoms. The van der Waals surface area contributed by atoms with Crippen molar-refractivity contribution >= 4 is 5.97 Å². The molecule has 1 N–H and O–H groups in total. The maximum Gasteiger partial charge on any atom is 0.308 e. The van der Waals surface area contributed by atoms with Crippen LogP contribution in [0.3, 0.4) is 0 Å². The topological polar surface area (TPSA) is 46.5 Å². The van der Waals surface area contributed by atoms with Gasteiger partial charge in [-0.15, -0.1) is 0 Å². The first kappa shape index (κ1) is 10.7. The highest BCUT2D eigenvalue weighted by atomic mass is 19.1. The molecule has 0 unspecified atom stereocenters. The fourth-order valence-corrected chi connectivity index (χ4v) is 1.10. The number of benzene rings is 1. The van der Waals surface area contributed by atoms with Gasteiger partial charge < -0.3 is 9.84 Å². The van der Waals surface area contributed by atoms with E-state index in [1.165, 1.54) is 25.3 Å². The Balaban J connectivity index is 2.74. The Labute approximate surface area is 81.1 Å². The van der Waals surface area contributed by atoms with Gasteiger partial charge in [-0.05, 0) is 6.07 Å². The molecule has 0 aromatic heterocycles. The lowest BCUT2D eigenvalue weighted by Gasteiger charge is -2.09. The molecule has 0 aliphatic heterocycles. The molecule has 0 bridgehead atoms. The molecule has 0 saturated carbocycles. The van der Waals surface area contributed by atoms with Crippen LogP contribution in [0, 0.1) is 5.82 Å². The molecular formula is C10H11FO3. The summed E-state index contributed by atoms with van der Waals surface area (Å²) in [6.45, 7) is 0. The third kappa shape index (κ3) is 2.53. The smallest absolute Gasteiger partial charge is 0.308 e. The molecule has 0 aliphatic rings. The van der Waals surface area contributed by atoms with Crippen molar-refractivity contribution in [2.75, 3.05) is 7.11 Å². The molecule has 1 aromatic rings. The van der Waals surface area contributed by atoms with E-state index in [0.29, 0.717) is 0 Å². The van der Waals surface area contributed by atoms with E-state index in [9.17, 15) is 14.3 Å². The molecule has 0 radical (unpaired) electrons. The number of carbonyl (C=O) groups is 1. The van der Waals surface area contributed by atoms with Crippen LogP contribution in [-0.4, -0.2) is 18.2 Å². The fraction of sp³-hybridized carbons (Fsp3) is 0.300. The monoisotopic (exact) mass is 198 g/mol. The maximum absolute atomic E-state index is 13.1. The number of halogens is 1. The third-order valence-electron chi connectivity index (χ3n) is 1.85. The number of rotatable bonds is 3. The second-order valence-corrected chi connectivity index (χ2v) is 2.82. The first-order valence-corrected chi connectivity index (χ1v) is 4.14. The van der Waals surface area contributed by atoms with Gasteiger partial charge in [0.1, 0.15) is 5.82 Å². The van der Waals surface area contributed by atoms with Gasteiger partial charge in [-0.2, -0.15) is 0 Å². The van der Waals surface area contributed by atoms with Crippen molar-refractivity contribution in [3.8, 4) is 0 Å². The minimum atomic E-state index is -1.15. The number of hydrogen-bond acceptors (Lipinski definition) is 3. The van der Waals surface area contributed by atoms with Gasteiger partial charge in [0.15, 0.2) is 0 Å². The van der Waals surface area contributed by atoms with E-state index in [0.717, 1.165) is 0 Å². The third-order valence-corrected chi connectivity index (χ3v) is 1.85. The number of methoxy groups -OCH3 is 1. The van der Waals surface area contributed by atoms with Crippen LogP contribution in [0.15, 0.2) is 24.3 Å². The van der Waals surface area contributed by atoms with Crippen molar-refractivity contribution in [2.24, 2.45) is 0 Å². The maximum atomic E-state index is 13.1. The molecule has 0 aliphatic carbocycles. The van der Waals surface area contributed by atoms with Crippen molar-refractivity contribution in [1.29, 1.82) is 0 Å². The zero-order chi connectivity index (χ0) is 10.6. The zero-order valence-electron chi connectivity index (χ0n) is 7.74. The highest BCUT2D eigenvalue weighted by molar-refractivity contribution is 5.70. The summed E-state index contributed by atoms with van der Waals surface area (Å²) < 4.78 is 17.4. The minimum Gasteiger partial charge on any atom is -0.469 e. The Hall–Kier alpha value is -1.42. The summed E-state index contributed by atoms with van der Waals surface area (Å²) in [5.41, 5.74) is 0.109. The highest BCUT2D eigenvalue weighted by Gasteiger charge is 2.16. The molecule has 0 heterocycles. The van der Waals surface area contributed by atoms with Gasteiger partial charge in [0.2, 0.25) is 0 Å². The largest absolute Gasteiger partial charge is 0.469 e. The van der Waals surface area contributed by atoms with Crippen LogP contribution >= 0.6 is 0 Å². The predicted molar refractivity (Wildman–Crippen MR) is 48.0 cm³/mol. The summed E-state index contributed by atoms with van der Waals surface area (Å²) >= 11 is 0. The summed E-state index contributed by atoms with van der Waals surface area (Å²) in [5, 5.41) is 9.46. The summed E-state index contributed by atoms with van der Waals surface area (Å²) in [4.78, 5) is 10.8. The molecule has 1 atom stereocenters. The first-order valence-electron chi connectivity index (χ1n) is 4.14. The van der Waals surface area contributed by atoms with E-state index in [1.54, 1.807) is 6.07 Å². The van der Waals surface area contributed by atoms with Crippen LogP contribution < -0.4 is 0 Å². The van der Waals surface area contributed by atoms with Crippen LogP contribution in [0.2, 0.25) is 0 Å². The quantitative estimate of drug-likeness (QED) is 0.747. The van der Waals surface area contributed by atoms with Crippen molar-refractivity contribution in [3.05, 3.63) is 35.6 Å². The van der Waals surface area contributed by atoms with Crippen molar-refractivity contribution in [3.63, 3.8) is 0 Å². The SMILES string of the molecule is COC(=O)C[C@@H](O)c1ccccc1F. The Kier molecular flexibility index (Phi) is 3.59. The van der Waals surface area contributed by atoms with E-state index < -0.39 is 17.9 Å². The van der Waals surface area contributed by atoms with Gasteiger partial charge in [-0.25, -0.2) is 4.39 Å². The van der Waals surface area contributed by atoms with Crippen LogP contribution in [0.4, 0.5) is 4.39 Å². The van der Waals surface area contributed by atoms with Gasteiger partial charge in [-0.3, -0.25) is 4.79 Å². The number of carbonyl (C=O) groups excluding carboxylic acids is 1. The lowest BCUT2D eigenvalue weighted by Crippen LogP contribution is -2.09. The molecule has 1 aromatic carbocycles. The molecular weight excluding hydrogens is 187 g/mol. The van der Waals surface area contributed by atoms with E-state index in [2.05, 4.69) is 4.74 Å². The lowest BCUT2D eigenvalue weighted by atomic mass is 10.1. The molecule has 4 heteroatoms. The second kappa shape index (κ2) is 4.72. The van der Waals surface area contributed by atoms with Gasteiger partial charge in [0.25, 0.3) is 0 Å². The summed E-state index contributed by atoms with van der Waals surface area (Å²) in [6, 6.07) is 5.78. The Bertz CT molecular complexity index is 325. The van der Waals surface area contributed by atoms with Crippen molar-refractivity contribution in [2.45, 2.75) is 12.5 Å². The number of ether oxygens (including phenoxy) is 1. The molecule has 76 valence electrons. The number of aliphatic hydroxyl groups is 1. The van der Waals surface area contributed by atoms with Crippen molar-refractivity contribution < 1.29 is 19.0 Å². The molecule has 14 heavy (non-hydrogen) atoms. The molecule has 0 fully saturated rings. The van der Waals surface area contributed by atoms with Crippen LogP contribution in [-0.2, 0) is 9.53 Å². The van der Waals surface area contributed by atoms with Gasteiger partial charge in [0.05, 0.1) is 19.6 Å². The van der Waals surface area contributed by atoms with E-state index >= 15 is 0 Å².